The largest absolute Gasteiger partial charge is 0.379 e. The number of ketones is 1. The molecule has 3 nitrogen and oxygen atoms in total. The van der Waals surface area contributed by atoms with Crippen LogP contribution in [-0.2, 0) is 20.7 Å². The monoisotopic (exact) mass is 240 g/mol. The van der Waals surface area contributed by atoms with Crippen LogP contribution in [0, 0.1) is 5.82 Å². The van der Waals surface area contributed by atoms with Gasteiger partial charge in [0.2, 0.25) is 0 Å². The van der Waals surface area contributed by atoms with Crippen molar-refractivity contribution in [2.75, 3.05) is 26.4 Å². The zero-order chi connectivity index (χ0) is 12.5. The van der Waals surface area contributed by atoms with Crippen molar-refractivity contribution in [1.29, 1.82) is 0 Å². The molecule has 17 heavy (non-hydrogen) atoms. The van der Waals surface area contributed by atoms with Crippen molar-refractivity contribution in [3.05, 3.63) is 35.6 Å². The van der Waals surface area contributed by atoms with E-state index in [-0.39, 0.29) is 24.6 Å². The van der Waals surface area contributed by atoms with Crippen LogP contribution < -0.4 is 0 Å². The van der Waals surface area contributed by atoms with Gasteiger partial charge in [0.15, 0.2) is 5.78 Å². The van der Waals surface area contributed by atoms with Crippen LogP contribution in [0.1, 0.15) is 12.5 Å². The molecule has 0 heterocycles. The smallest absolute Gasteiger partial charge is 0.162 e. The average molecular weight is 240 g/mol. The predicted molar refractivity (Wildman–Crippen MR) is 62.4 cm³/mol. The van der Waals surface area contributed by atoms with E-state index in [1.807, 2.05) is 6.92 Å². The Balaban J connectivity index is 2.18. The molecule has 0 saturated heterocycles. The first-order valence-corrected chi connectivity index (χ1v) is 5.64. The van der Waals surface area contributed by atoms with Crippen LogP contribution in [0.15, 0.2) is 24.3 Å². The molecule has 0 spiro atoms. The lowest BCUT2D eigenvalue weighted by Crippen LogP contribution is -2.14. The van der Waals surface area contributed by atoms with Gasteiger partial charge in [-0.05, 0) is 24.6 Å². The van der Waals surface area contributed by atoms with Crippen molar-refractivity contribution in [3.8, 4) is 0 Å². The van der Waals surface area contributed by atoms with Crippen LogP contribution in [0.25, 0.3) is 0 Å². The fraction of sp³-hybridized carbons (Fsp3) is 0.462. The van der Waals surface area contributed by atoms with E-state index in [1.165, 1.54) is 12.1 Å². The van der Waals surface area contributed by atoms with Crippen molar-refractivity contribution >= 4 is 5.78 Å². The summed E-state index contributed by atoms with van der Waals surface area (Å²) in [4.78, 5) is 11.5. The highest BCUT2D eigenvalue weighted by atomic mass is 19.1. The van der Waals surface area contributed by atoms with Gasteiger partial charge in [-0.15, -0.1) is 0 Å². The lowest BCUT2D eigenvalue weighted by molar-refractivity contribution is -0.123. The van der Waals surface area contributed by atoms with Gasteiger partial charge in [-0.3, -0.25) is 4.79 Å². The van der Waals surface area contributed by atoms with E-state index >= 15 is 0 Å². The van der Waals surface area contributed by atoms with Crippen molar-refractivity contribution in [3.63, 3.8) is 0 Å². The fourth-order valence-corrected chi connectivity index (χ4v) is 1.33. The summed E-state index contributed by atoms with van der Waals surface area (Å²) in [6, 6.07) is 5.90. The molecule has 0 fully saturated rings. The van der Waals surface area contributed by atoms with Crippen molar-refractivity contribution in [2.45, 2.75) is 13.3 Å². The maximum Gasteiger partial charge on any atom is 0.162 e. The number of ether oxygens (including phenoxy) is 2. The summed E-state index contributed by atoms with van der Waals surface area (Å²) < 4.78 is 22.8. The molecular weight excluding hydrogens is 223 g/mol. The predicted octanol–water partition coefficient (Wildman–Crippen LogP) is 1.99. The summed E-state index contributed by atoms with van der Waals surface area (Å²) >= 11 is 0. The minimum Gasteiger partial charge on any atom is -0.379 e. The summed E-state index contributed by atoms with van der Waals surface area (Å²) in [6.07, 6.45) is 0.273. The Labute approximate surface area is 101 Å². The molecule has 0 bridgehead atoms. The van der Waals surface area contributed by atoms with Gasteiger partial charge in [0.05, 0.1) is 13.2 Å². The zero-order valence-electron chi connectivity index (χ0n) is 9.95. The van der Waals surface area contributed by atoms with Gasteiger partial charge in [0, 0.05) is 13.0 Å². The number of hydrogen-bond acceptors (Lipinski definition) is 3. The Morgan fingerprint density at radius 3 is 2.47 bits per heavy atom. The highest BCUT2D eigenvalue weighted by molar-refractivity contribution is 5.82. The molecule has 1 rings (SSSR count). The van der Waals surface area contributed by atoms with Gasteiger partial charge in [0.25, 0.3) is 0 Å². The minimum absolute atomic E-state index is 0.0203. The maximum atomic E-state index is 12.6. The van der Waals surface area contributed by atoms with Crippen LogP contribution in [0.2, 0.25) is 0 Å². The molecular formula is C13H17FO3. The third-order valence-corrected chi connectivity index (χ3v) is 2.15. The third-order valence-electron chi connectivity index (χ3n) is 2.15. The number of halogens is 1. The van der Waals surface area contributed by atoms with E-state index in [9.17, 15) is 9.18 Å². The highest BCUT2D eigenvalue weighted by Gasteiger charge is 2.04. The van der Waals surface area contributed by atoms with Crippen LogP contribution >= 0.6 is 0 Å². The molecule has 0 amide bonds. The second-order valence-electron chi connectivity index (χ2n) is 3.59. The summed E-state index contributed by atoms with van der Waals surface area (Å²) in [5, 5.41) is 0. The minimum atomic E-state index is -0.297. The quantitative estimate of drug-likeness (QED) is 0.652. The van der Waals surface area contributed by atoms with Crippen LogP contribution in [0.5, 0.6) is 0 Å². The summed E-state index contributed by atoms with van der Waals surface area (Å²) in [7, 11) is 0. The molecule has 0 aliphatic rings. The molecule has 0 aromatic heterocycles. The first-order chi connectivity index (χ1) is 8.22. The highest BCUT2D eigenvalue weighted by Crippen LogP contribution is 2.04. The van der Waals surface area contributed by atoms with E-state index in [1.54, 1.807) is 12.1 Å². The normalized spacial score (nSPS) is 10.5. The lowest BCUT2D eigenvalue weighted by Gasteiger charge is -2.04. The molecule has 0 aliphatic heterocycles. The van der Waals surface area contributed by atoms with Crippen LogP contribution in [0.4, 0.5) is 4.39 Å². The summed E-state index contributed by atoms with van der Waals surface area (Å²) in [6.45, 7) is 3.54. The number of carbonyl (C=O) groups is 1. The second-order valence-corrected chi connectivity index (χ2v) is 3.59. The summed E-state index contributed by atoms with van der Waals surface area (Å²) in [5.41, 5.74) is 0.796. The lowest BCUT2D eigenvalue weighted by atomic mass is 10.1. The molecule has 1 aromatic carbocycles. The number of Topliss-reactive ketones (excluding diaryl/α,β-unsaturated/α-hetero) is 1. The van der Waals surface area contributed by atoms with Gasteiger partial charge in [0.1, 0.15) is 12.4 Å². The Morgan fingerprint density at radius 2 is 1.82 bits per heavy atom. The maximum absolute atomic E-state index is 12.6. The number of carbonyl (C=O) groups excluding carboxylic acids is 1. The zero-order valence-corrected chi connectivity index (χ0v) is 9.95. The molecule has 0 N–H and O–H groups in total. The third kappa shape index (κ3) is 6.14. The fourth-order valence-electron chi connectivity index (χ4n) is 1.33. The molecule has 0 unspecified atom stereocenters. The van der Waals surface area contributed by atoms with Crippen LogP contribution in [-0.4, -0.2) is 32.2 Å². The van der Waals surface area contributed by atoms with Crippen molar-refractivity contribution in [2.24, 2.45) is 0 Å². The number of rotatable bonds is 8. The second kappa shape index (κ2) is 7.92. The molecule has 4 heteroatoms. The summed E-state index contributed by atoms with van der Waals surface area (Å²) in [5.74, 6) is -0.317. The van der Waals surface area contributed by atoms with Gasteiger partial charge in [-0.2, -0.15) is 0 Å². The van der Waals surface area contributed by atoms with Gasteiger partial charge in [-0.25, -0.2) is 4.39 Å². The molecule has 0 atom stereocenters. The standard InChI is InChI=1S/C13H17FO3/c1-2-16-7-8-17-10-13(15)9-11-3-5-12(14)6-4-11/h3-6H,2,7-10H2,1H3. The Bertz CT molecular complexity index is 335. The Kier molecular flexibility index (Phi) is 6.43. The van der Waals surface area contributed by atoms with E-state index < -0.39 is 0 Å². The van der Waals surface area contributed by atoms with E-state index in [0.29, 0.717) is 19.8 Å². The van der Waals surface area contributed by atoms with Gasteiger partial charge >= 0.3 is 0 Å². The topological polar surface area (TPSA) is 35.5 Å². The van der Waals surface area contributed by atoms with E-state index in [0.717, 1.165) is 5.56 Å². The van der Waals surface area contributed by atoms with Crippen LogP contribution in [0.3, 0.4) is 0 Å². The Hall–Kier alpha value is -1.26. The van der Waals surface area contributed by atoms with E-state index in [2.05, 4.69) is 0 Å². The molecule has 0 aliphatic carbocycles. The van der Waals surface area contributed by atoms with Gasteiger partial charge in [-0.1, -0.05) is 12.1 Å². The first kappa shape index (κ1) is 13.8. The molecule has 1 aromatic rings. The number of benzene rings is 1. The first-order valence-electron chi connectivity index (χ1n) is 5.64. The van der Waals surface area contributed by atoms with Gasteiger partial charge < -0.3 is 9.47 Å². The van der Waals surface area contributed by atoms with Crippen molar-refractivity contribution in [1.82, 2.24) is 0 Å². The number of hydrogen-bond donors (Lipinski definition) is 0. The molecule has 0 saturated carbocycles. The Morgan fingerprint density at radius 1 is 1.18 bits per heavy atom. The van der Waals surface area contributed by atoms with Crippen molar-refractivity contribution < 1.29 is 18.7 Å². The average Bonchev–Trinajstić information content (AvgIpc) is 2.32. The molecule has 94 valence electrons. The van der Waals surface area contributed by atoms with E-state index in [4.69, 9.17) is 9.47 Å². The molecule has 0 radical (unpaired) electrons. The SMILES string of the molecule is CCOCCOCC(=O)Cc1ccc(F)cc1.